The molecule has 0 atom stereocenters. The third kappa shape index (κ3) is 4.51. The zero-order valence-electron chi connectivity index (χ0n) is 15.9. The lowest BCUT2D eigenvalue weighted by Gasteiger charge is -2.18. The molecule has 2 aromatic rings. The number of nitrogens with one attached hydrogen (secondary N) is 1. The Kier molecular flexibility index (Phi) is 6.21. The zero-order valence-corrected chi connectivity index (χ0v) is 16.7. The lowest BCUT2D eigenvalue weighted by molar-refractivity contribution is -0.116. The van der Waals surface area contributed by atoms with Crippen molar-refractivity contribution >= 4 is 21.6 Å². The van der Waals surface area contributed by atoms with Gasteiger partial charge in [0.2, 0.25) is 15.9 Å². The molecule has 0 radical (unpaired) electrons. The summed E-state index contributed by atoms with van der Waals surface area (Å²) in [5.41, 5.74) is 3.80. The molecule has 0 aromatic heterocycles. The van der Waals surface area contributed by atoms with Crippen molar-refractivity contribution in [1.82, 2.24) is 4.31 Å². The second-order valence-electron chi connectivity index (χ2n) is 6.78. The summed E-state index contributed by atoms with van der Waals surface area (Å²) in [6.07, 6.45) is 0. The van der Waals surface area contributed by atoms with Crippen LogP contribution in [0.25, 0.3) is 0 Å². The Morgan fingerprint density at radius 2 is 1.69 bits per heavy atom. The highest BCUT2D eigenvalue weighted by atomic mass is 32.2. The molecule has 0 aliphatic carbocycles. The molecular weight excluding hydrogens is 348 g/mol. The normalized spacial score (nSPS) is 11.8. The number of sulfonamides is 1. The molecule has 1 N–H and O–H groups in total. The molecule has 0 aliphatic heterocycles. The largest absolute Gasteiger partial charge is 0.325 e. The number of benzene rings is 2. The van der Waals surface area contributed by atoms with Crippen LogP contribution >= 0.6 is 0 Å². The van der Waals surface area contributed by atoms with Crippen molar-refractivity contribution < 1.29 is 13.2 Å². The smallest absolute Gasteiger partial charge is 0.243 e. The van der Waals surface area contributed by atoms with Crippen molar-refractivity contribution in [2.24, 2.45) is 0 Å². The summed E-state index contributed by atoms with van der Waals surface area (Å²) in [6, 6.07) is 12.4. The van der Waals surface area contributed by atoms with Gasteiger partial charge in [-0.05, 0) is 54.7 Å². The van der Waals surface area contributed by atoms with Gasteiger partial charge in [-0.2, -0.15) is 4.31 Å². The van der Waals surface area contributed by atoms with Gasteiger partial charge in [-0.25, -0.2) is 8.42 Å². The van der Waals surface area contributed by atoms with E-state index >= 15 is 0 Å². The number of likely N-dealkylation sites (N-methyl/N-ethyl adjacent to an activating group) is 1. The van der Waals surface area contributed by atoms with Crippen LogP contribution in [0.5, 0.6) is 0 Å². The second kappa shape index (κ2) is 8.01. The Bertz CT molecular complexity index is 888. The van der Waals surface area contributed by atoms with Crippen LogP contribution in [0.1, 0.15) is 36.5 Å². The molecule has 0 saturated carbocycles. The first-order valence-electron chi connectivity index (χ1n) is 8.55. The maximum Gasteiger partial charge on any atom is 0.243 e. The average Bonchev–Trinajstić information content (AvgIpc) is 2.59. The minimum absolute atomic E-state index is 0.184. The lowest BCUT2D eigenvalue weighted by Crippen LogP contribution is -2.35. The summed E-state index contributed by atoms with van der Waals surface area (Å²) in [7, 11) is -2.30. The molecule has 0 aliphatic rings. The first kappa shape index (κ1) is 20.1. The molecule has 26 heavy (non-hydrogen) atoms. The van der Waals surface area contributed by atoms with Gasteiger partial charge in [-0.3, -0.25) is 4.79 Å². The molecule has 2 rings (SSSR count). The predicted octanol–water partition coefficient (Wildman–Crippen LogP) is 3.69. The van der Waals surface area contributed by atoms with E-state index in [0.717, 1.165) is 21.0 Å². The van der Waals surface area contributed by atoms with Gasteiger partial charge in [0.05, 0.1) is 11.4 Å². The quantitative estimate of drug-likeness (QED) is 0.839. The summed E-state index contributed by atoms with van der Waals surface area (Å²) >= 11 is 0. The Morgan fingerprint density at radius 3 is 2.27 bits per heavy atom. The Morgan fingerprint density at radius 1 is 1.08 bits per heavy atom. The molecule has 0 spiro atoms. The van der Waals surface area contributed by atoms with E-state index in [9.17, 15) is 13.2 Å². The van der Waals surface area contributed by atoms with Crippen molar-refractivity contribution in [3.8, 4) is 0 Å². The van der Waals surface area contributed by atoms with Crippen LogP contribution < -0.4 is 5.32 Å². The highest BCUT2D eigenvalue weighted by molar-refractivity contribution is 7.89. The number of carbonyl (C=O) groups is 1. The van der Waals surface area contributed by atoms with E-state index in [1.165, 1.54) is 7.05 Å². The van der Waals surface area contributed by atoms with E-state index < -0.39 is 10.0 Å². The number of amides is 1. The monoisotopic (exact) mass is 374 g/mol. The molecule has 0 saturated heterocycles. The summed E-state index contributed by atoms with van der Waals surface area (Å²) in [4.78, 5) is 12.5. The average molecular weight is 375 g/mol. The van der Waals surface area contributed by atoms with Gasteiger partial charge in [-0.15, -0.1) is 0 Å². The fourth-order valence-corrected chi connectivity index (χ4v) is 3.70. The molecule has 140 valence electrons. The number of rotatable bonds is 6. The van der Waals surface area contributed by atoms with E-state index in [4.69, 9.17) is 0 Å². The summed E-state index contributed by atoms with van der Waals surface area (Å²) in [5.74, 6) is -0.0450. The van der Waals surface area contributed by atoms with Crippen LogP contribution in [0.4, 0.5) is 5.69 Å². The molecule has 0 heterocycles. The first-order chi connectivity index (χ1) is 12.1. The second-order valence-corrected chi connectivity index (χ2v) is 8.83. The van der Waals surface area contributed by atoms with Gasteiger partial charge in [0.15, 0.2) is 0 Å². The Hall–Kier alpha value is -2.18. The zero-order chi connectivity index (χ0) is 19.5. The third-order valence-corrected chi connectivity index (χ3v) is 6.32. The molecular formula is C20H26N2O3S. The van der Waals surface area contributed by atoms with E-state index in [1.54, 1.807) is 18.2 Å². The number of aryl methyl sites for hydroxylation is 1. The summed E-state index contributed by atoms with van der Waals surface area (Å²) in [5, 5.41) is 2.78. The van der Waals surface area contributed by atoms with Crippen molar-refractivity contribution in [2.75, 3.05) is 18.9 Å². The predicted molar refractivity (Wildman–Crippen MR) is 105 cm³/mol. The SMILES string of the molecule is Cc1cccc(NC(=O)CN(C)S(=O)(=O)c2ccc(C(C)C)cc2)c1C. The van der Waals surface area contributed by atoms with E-state index in [0.29, 0.717) is 11.6 Å². The maximum absolute atomic E-state index is 12.7. The van der Waals surface area contributed by atoms with Crippen molar-refractivity contribution in [1.29, 1.82) is 0 Å². The minimum Gasteiger partial charge on any atom is -0.325 e. The van der Waals surface area contributed by atoms with Gasteiger partial charge in [0.25, 0.3) is 0 Å². The number of hydrogen-bond acceptors (Lipinski definition) is 3. The highest BCUT2D eigenvalue weighted by Crippen LogP contribution is 2.20. The van der Waals surface area contributed by atoms with Crippen molar-refractivity contribution in [2.45, 2.75) is 38.5 Å². The van der Waals surface area contributed by atoms with E-state index in [1.807, 2.05) is 52.0 Å². The molecule has 0 unspecified atom stereocenters. The standard InChI is InChI=1S/C20H26N2O3S/c1-14(2)17-9-11-18(12-10-17)26(24,25)22(5)13-20(23)21-19-8-6-7-15(3)16(19)4/h6-12,14H,13H2,1-5H3,(H,21,23). The van der Waals surface area contributed by atoms with E-state index in [-0.39, 0.29) is 17.3 Å². The molecule has 1 amide bonds. The molecule has 6 heteroatoms. The van der Waals surface area contributed by atoms with Crippen LogP contribution in [-0.2, 0) is 14.8 Å². The Balaban J connectivity index is 2.11. The number of carbonyl (C=O) groups excluding carboxylic acids is 1. The van der Waals surface area contributed by atoms with Gasteiger partial charge in [0, 0.05) is 12.7 Å². The van der Waals surface area contributed by atoms with Crippen LogP contribution in [0.3, 0.4) is 0 Å². The number of hydrogen-bond donors (Lipinski definition) is 1. The molecule has 2 aromatic carbocycles. The van der Waals surface area contributed by atoms with E-state index in [2.05, 4.69) is 5.32 Å². The van der Waals surface area contributed by atoms with Gasteiger partial charge in [-0.1, -0.05) is 38.1 Å². The molecule has 0 bridgehead atoms. The molecule has 5 nitrogen and oxygen atoms in total. The van der Waals surface area contributed by atoms with Crippen molar-refractivity contribution in [3.63, 3.8) is 0 Å². The van der Waals surface area contributed by atoms with Gasteiger partial charge >= 0.3 is 0 Å². The Labute approximate surface area is 156 Å². The number of anilines is 1. The van der Waals surface area contributed by atoms with Crippen LogP contribution in [-0.4, -0.2) is 32.2 Å². The molecule has 0 fully saturated rings. The van der Waals surface area contributed by atoms with Crippen molar-refractivity contribution in [3.05, 3.63) is 59.2 Å². The third-order valence-electron chi connectivity index (χ3n) is 4.50. The van der Waals surface area contributed by atoms with Crippen LogP contribution in [0.2, 0.25) is 0 Å². The highest BCUT2D eigenvalue weighted by Gasteiger charge is 2.23. The van der Waals surface area contributed by atoms with Crippen LogP contribution in [0.15, 0.2) is 47.4 Å². The lowest BCUT2D eigenvalue weighted by atomic mass is 10.0. The van der Waals surface area contributed by atoms with Crippen LogP contribution in [0, 0.1) is 13.8 Å². The fraction of sp³-hybridized carbons (Fsp3) is 0.350. The topological polar surface area (TPSA) is 66.5 Å². The first-order valence-corrected chi connectivity index (χ1v) is 9.99. The van der Waals surface area contributed by atoms with Gasteiger partial charge in [0.1, 0.15) is 0 Å². The maximum atomic E-state index is 12.7. The fourth-order valence-electron chi connectivity index (χ4n) is 2.57. The summed E-state index contributed by atoms with van der Waals surface area (Å²) < 4.78 is 26.4. The number of nitrogens with zero attached hydrogens (tertiary/aromatic N) is 1. The summed E-state index contributed by atoms with van der Waals surface area (Å²) in [6.45, 7) is 7.73. The minimum atomic E-state index is -3.71. The van der Waals surface area contributed by atoms with Gasteiger partial charge < -0.3 is 5.32 Å².